The first-order valence-corrected chi connectivity index (χ1v) is 7.98. The lowest BCUT2D eigenvalue weighted by atomic mass is 10.0. The average Bonchev–Trinajstić information content (AvgIpc) is 2.51. The minimum atomic E-state index is 0.253. The third-order valence-corrected chi connectivity index (χ3v) is 3.99. The zero-order valence-corrected chi connectivity index (χ0v) is 13.4. The summed E-state index contributed by atoms with van der Waals surface area (Å²) in [7, 11) is 2.00. The number of ether oxygens (including phenoxy) is 1. The molecule has 0 aliphatic carbocycles. The van der Waals surface area contributed by atoms with Crippen molar-refractivity contribution in [3.63, 3.8) is 0 Å². The Morgan fingerprint density at radius 3 is 2.52 bits per heavy atom. The number of hydrogen-bond donors (Lipinski definition) is 1. The van der Waals surface area contributed by atoms with Crippen molar-refractivity contribution >= 4 is 10.8 Å². The zero-order chi connectivity index (χ0) is 15.1. The maximum Gasteiger partial charge on any atom is 0.0661 e. The molecule has 2 aromatic carbocycles. The summed E-state index contributed by atoms with van der Waals surface area (Å²) in [6.45, 7) is 6.05. The molecule has 0 bridgehead atoms. The van der Waals surface area contributed by atoms with Crippen molar-refractivity contribution < 1.29 is 4.74 Å². The molecule has 21 heavy (non-hydrogen) atoms. The van der Waals surface area contributed by atoms with Crippen molar-refractivity contribution in [2.45, 2.75) is 32.7 Å². The van der Waals surface area contributed by atoms with Crippen molar-refractivity contribution in [3.05, 3.63) is 48.0 Å². The quantitative estimate of drug-likeness (QED) is 0.768. The summed E-state index contributed by atoms with van der Waals surface area (Å²) >= 11 is 0. The van der Waals surface area contributed by atoms with Gasteiger partial charge in [-0.1, -0.05) is 56.7 Å². The van der Waals surface area contributed by atoms with E-state index in [0.717, 1.165) is 13.2 Å². The number of fused-ring (bicyclic) bond motifs is 1. The second-order valence-corrected chi connectivity index (χ2v) is 5.88. The molecular formula is C19H27NO. The lowest BCUT2D eigenvalue weighted by molar-refractivity contribution is 0.0849. The highest BCUT2D eigenvalue weighted by Crippen LogP contribution is 2.21. The predicted molar refractivity (Wildman–Crippen MR) is 90.6 cm³/mol. The Bertz CT molecular complexity index is 552. The molecule has 0 saturated carbocycles. The normalized spacial score (nSPS) is 14.2. The third-order valence-electron chi connectivity index (χ3n) is 3.99. The molecule has 2 rings (SSSR count). The summed E-state index contributed by atoms with van der Waals surface area (Å²) in [5, 5.41) is 5.94. The van der Waals surface area contributed by atoms with Gasteiger partial charge in [0.05, 0.1) is 12.6 Å². The van der Waals surface area contributed by atoms with Gasteiger partial charge in [-0.25, -0.2) is 0 Å². The van der Waals surface area contributed by atoms with Crippen LogP contribution in [0.3, 0.4) is 0 Å². The van der Waals surface area contributed by atoms with E-state index in [1.54, 1.807) is 0 Å². The molecule has 0 spiro atoms. The first-order valence-electron chi connectivity index (χ1n) is 7.98. The summed E-state index contributed by atoms with van der Waals surface area (Å²) in [5.74, 6) is 0.643. The van der Waals surface area contributed by atoms with Crippen LogP contribution in [-0.4, -0.2) is 20.3 Å². The molecule has 2 unspecified atom stereocenters. The molecule has 2 aromatic rings. The fraction of sp³-hybridized carbons (Fsp3) is 0.474. The van der Waals surface area contributed by atoms with Crippen molar-refractivity contribution in [3.8, 4) is 0 Å². The van der Waals surface area contributed by atoms with Crippen LogP contribution in [-0.2, 0) is 4.74 Å². The van der Waals surface area contributed by atoms with Gasteiger partial charge in [0.2, 0.25) is 0 Å². The van der Waals surface area contributed by atoms with Crippen LogP contribution in [0.4, 0.5) is 0 Å². The van der Waals surface area contributed by atoms with E-state index in [1.807, 2.05) is 7.05 Å². The van der Waals surface area contributed by atoms with Gasteiger partial charge in [-0.05, 0) is 41.8 Å². The Morgan fingerprint density at radius 2 is 1.81 bits per heavy atom. The number of likely N-dealkylation sites (N-methyl/N-ethyl adjacent to an activating group) is 1. The van der Waals surface area contributed by atoms with Crippen LogP contribution in [0.5, 0.6) is 0 Å². The third kappa shape index (κ3) is 4.55. The molecule has 2 atom stereocenters. The summed E-state index contributed by atoms with van der Waals surface area (Å²) in [6.07, 6.45) is 2.46. The van der Waals surface area contributed by atoms with Crippen molar-refractivity contribution in [1.29, 1.82) is 0 Å². The van der Waals surface area contributed by atoms with Gasteiger partial charge in [-0.15, -0.1) is 0 Å². The van der Waals surface area contributed by atoms with Gasteiger partial charge in [0.15, 0.2) is 0 Å². The minimum absolute atomic E-state index is 0.253. The lowest BCUT2D eigenvalue weighted by Crippen LogP contribution is -2.23. The van der Waals surface area contributed by atoms with E-state index in [2.05, 4.69) is 61.6 Å². The Labute approximate surface area is 128 Å². The van der Waals surface area contributed by atoms with E-state index in [-0.39, 0.29) is 6.04 Å². The van der Waals surface area contributed by atoms with E-state index in [4.69, 9.17) is 4.74 Å². The molecule has 0 fully saturated rings. The lowest BCUT2D eigenvalue weighted by Gasteiger charge is -2.19. The van der Waals surface area contributed by atoms with E-state index >= 15 is 0 Å². The Kier molecular flexibility index (Phi) is 6.21. The number of hydrogen-bond acceptors (Lipinski definition) is 2. The van der Waals surface area contributed by atoms with E-state index in [0.29, 0.717) is 5.92 Å². The minimum Gasteiger partial charge on any atom is -0.379 e. The number of rotatable bonds is 8. The molecule has 0 heterocycles. The Morgan fingerprint density at radius 1 is 1.05 bits per heavy atom. The standard InChI is InChI=1S/C19H27NO/c1-4-7-15(2)13-21-14-19(20-3)18-11-10-16-8-5-6-9-17(16)12-18/h5-6,8-12,15,19-20H,4,7,13-14H2,1-3H3. The molecule has 0 radical (unpaired) electrons. The highest BCUT2D eigenvalue weighted by atomic mass is 16.5. The van der Waals surface area contributed by atoms with Crippen LogP contribution < -0.4 is 5.32 Å². The second-order valence-electron chi connectivity index (χ2n) is 5.88. The van der Waals surface area contributed by atoms with Crippen LogP contribution in [0.1, 0.15) is 38.3 Å². The molecule has 0 aliphatic heterocycles. The van der Waals surface area contributed by atoms with Gasteiger partial charge in [-0.2, -0.15) is 0 Å². The summed E-state index contributed by atoms with van der Waals surface area (Å²) in [5.41, 5.74) is 1.29. The number of benzene rings is 2. The zero-order valence-electron chi connectivity index (χ0n) is 13.4. The largest absolute Gasteiger partial charge is 0.379 e. The van der Waals surface area contributed by atoms with Gasteiger partial charge in [0.1, 0.15) is 0 Å². The maximum absolute atomic E-state index is 5.90. The molecule has 2 nitrogen and oxygen atoms in total. The van der Waals surface area contributed by atoms with Gasteiger partial charge in [0, 0.05) is 6.61 Å². The summed E-state index contributed by atoms with van der Waals surface area (Å²) in [4.78, 5) is 0. The molecule has 0 amide bonds. The molecule has 114 valence electrons. The maximum atomic E-state index is 5.90. The Balaban J connectivity index is 1.98. The summed E-state index contributed by atoms with van der Waals surface area (Å²) in [6, 6.07) is 15.4. The van der Waals surface area contributed by atoms with Crippen LogP contribution >= 0.6 is 0 Å². The SMILES string of the molecule is CCCC(C)COCC(NC)c1ccc2ccccc2c1. The fourth-order valence-corrected chi connectivity index (χ4v) is 2.73. The van der Waals surface area contributed by atoms with Crippen LogP contribution in [0.2, 0.25) is 0 Å². The molecule has 0 saturated heterocycles. The first kappa shape index (κ1) is 16.0. The topological polar surface area (TPSA) is 21.3 Å². The number of nitrogens with one attached hydrogen (secondary N) is 1. The van der Waals surface area contributed by atoms with Gasteiger partial charge in [0.25, 0.3) is 0 Å². The summed E-state index contributed by atoms with van der Waals surface area (Å²) < 4.78 is 5.90. The van der Waals surface area contributed by atoms with E-state index in [1.165, 1.54) is 29.2 Å². The van der Waals surface area contributed by atoms with E-state index in [9.17, 15) is 0 Å². The molecule has 1 N–H and O–H groups in total. The van der Waals surface area contributed by atoms with Crippen LogP contribution in [0.15, 0.2) is 42.5 Å². The highest BCUT2D eigenvalue weighted by molar-refractivity contribution is 5.83. The predicted octanol–water partition coefficient (Wildman–Crippen LogP) is 4.55. The average molecular weight is 285 g/mol. The second kappa shape index (κ2) is 8.16. The van der Waals surface area contributed by atoms with Gasteiger partial charge in [-0.3, -0.25) is 0 Å². The van der Waals surface area contributed by atoms with Gasteiger partial charge >= 0.3 is 0 Å². The van der Waals surface area contributed by atoms with Crippen LogP contribution in [0.25, 0.3) is 10.8 Å². The molecule has 0 aliphatic rings. The van der Waals surface area contributed by atoms with E-state index < -0.39 is 0 Å². The van der Waals surface area contributed by atoms with Crippen molar-refractivity contribution in [2.75, 3.05) is 20.3 Å². The highest BCUT2D eigenvalue weighted by Gasteiger charge is 2.11. The molecule has 0 aromatic heterocycles. The Hall–Kier alpha value is -1.38. The monoisotopic (exact) mass is 285 g/mol. The van der Waals surface area contributed by atoms with Crippen molar-refractivity contribution in [1.82, 2.24) is 5.32 Å². The fourth-order valence-electron chi connectivity index (χ4n) is 2.73. The first-order chi connectivity index (χ1) is 10.2. The van der Waals surface area contributed by atoms with Crippen molar-refractivity contribution in [2.24, 2.45) is 5.92 Å². The molecule has 2 heteroatoms. The molecular weight excluding hydrogens is 258 g/mol. The van der Waals surface area contributed by atoms with Gasteiger partial charge < -0.3 is 10.1 Å². The smallest absolute Gasteiger partial charge is 0.0661 e. The van der Waals surface area contributed by atoms with Crippen LogP contribution in [0, 0.1) is 5.92 Å².